The van der Waals surface area contributed by atoms with Crippen LogP contribution in [0.3, 0.4) is 0 Å². The smallest absolute Gasteiger partial charge is 0.248 e. The van der Waals surface area contributed by atoms with Gasteiger partial charge >= 0.3 is 0 Å². The summed E-state index contributed by atoms with van der Waals surface area (Å²) in [7, 11) is -2.10. The van der Waals surface area contributed by atoms with E-state index in [1.807, 2.05) is 24.3 Å². The maximum atomic E-state index is 12.2. The van der Waals surface area contributed by atoms with E-state index >= 15 is 0 Å². The second-order valence-electron chi connectivity index (χ2n) is 6.38. The van der Waals surface area contributed by atoms with Crippen molar-refractivity contribution in [3.8, 4) is 0 Å². The summed E-state index contributed by atoms with van der Waals surface area (Å²) in [6.07, 6.45) is 6.18. The molecule has 1 aromatic heterocycles. The van der Waals surface area contributed by atoms with Crippen LogP contribution in [-0.2, 0) is 21.4 Å². The van der Waals surface area contributed by atoms with Gasteiger partial charge < -0.3 is 9.88 Å². The lowest BCUT2D eigenvalue weighted by molar-refractivity contribution is -0.111. The molecule has 0 fully saturated rings. The molecule has 0 atom stereocenters. The van der Waals surface area contributed by atoms with Crippen LogP contribution in [0.4, 0.5) is 5.69 Å². The Morgan fingerprint density at radius 2 is 1.86 bits per heavy atom. The molecule has 0 bridgehead atoms. The van der Waals surface area contributed by atoms with Gasteiger partial charge in [-0.25, -0.2) is 13.1 Å². The van der Waals surface area contributed by atoms with E-state index in [9.17, 15) is 13.2 Å². The average molecular weight is 398 g/mol. The summed E-state index contributed by atoms with van der Waals surface area (Å²) in [4.78, 5) is 12.4. The number of aryl methyl sites for hydroxylation is 1. The Hall–Kier alpha value is -2.90. The number of anilines is 1. The number of fused-ring (bicyclic) bond motifs is 1. The van der Waals surface area contributed by atoms with Crippen LogP contribution in [0.1, 0.15) is 18.9 Å². The summed E-state index contributed by atoms with van der Waals surface area (Å²) in [5, 5.41) is 3.93. The van der Waals surface area contributed by atoms with Gasteiger partial charge in [-0.3, -0.25) is 4.79 Å². The number of hydrogen-bond donors (Lipinski definition) is 2. The van der Waals surface area contributed by atoms with Crippen LogP contribution in [0.2, 0.25) is 0 Å². The van der Waals surface area contributed by atoms with E-state index in [2.05, 4.69) is 27.7 Å². The zero-order valence-corrected chi connectivity index (χ0v) is 16.7. The molecule has 1 amide bonds. The van der Waals surface area contributed by atoms with Crippen molar-refractivity contribution < 1.29 is 13.2 Å². The van der Waals surface area contributed by atoms with E-state index in [1.54, 1.807) is 18.2 Å². The van der Waals surface area contributed by atoms with E-state index < -0.39 is 10.0 Å². The third-order valence-electron chi connectivity index (χ3n) is 4.39. The Balaban J connectivity index is 1.67. The first-order valence-corrected chi connectivity index (χ1v) is 10.5. The minimum absolute atomic E-state index is 0.180. The standard InChI is InChI=1S/C21H23N3O3S/c1-3-13-24-14-12-17-15-18(7-10-20(17)24)23-21(25)11-6-16-4-8-19(9-5-16)28(26,27)22-2/h4-12,14-15,22H,3,13H2,1-2H3,(H,23,25)/b11-6+. The number of benzene rings is 2. The van der Waals surface area contributed by atoms with Gasteiger partial charge in [0.05, 0.1) is 4.90 Å². The van der Waals surface area contributed by atoms with E-state index in [4.69, 9.17) is 0 Å². The fraction of sp³-hybridized carbons (Fsp3) is 0.190. The normalized spacial score (nSPS) is 11.9. The molecule has 146 valence electrons. The van der Waals surface area contributed by atoms with Crippen molar-refractivity contribution in [2.75, 3.05) is 12.4 Å². The minimum atomic E-state index is -3.46. The van der Waals surface area contributed by atoms with Gasteiger partial charge in [0.2, 0.25) is 15.9 Å². The van der Waals surface area contributed by atoms with E-state index in [0.717, 1.165) is 35.1 Å². The van der Waals surface area contributed by atoms with Gasteiger partial charge in [0.25, 0.3) is 0 Å². The highest BCUT2D eigenvalue weighted by Gasteiger charge is 2.10. The van der Waals surface area contributed by atoms with E-state index in [1.165, 1.54) is 25.3 Å². The lowest BCUT2D eigenvalue weighted by Crippen LogP contribution is -2.18. The Morgan fingerprint density at radius 1 is 1.11 bits per heavy atom. The molecule has 6 nitrogen and oxygen atoms in total. The van der Waals surface area contributed by atoms with Gasteiger partial charge in [-0.15, -0.1) is 0 Å². The monoisotopic (exact) mass is 397 g/mol. The van der Waals surface area contributed by atoms with Gasteiger partial charge in [-0.05, 0) is 61.5 Å². The molecule has 0 aliphatic carbocycles. The quantitative estimate of drug-likeness (QED) is 0.598. The summed E-state index contributed by atoms with van der Waals surface area (Å²) in [5.41, 5.74) is 2.61. The van der Waals surface area contributed by atoms with Crippen LogP contribution in [-0.4, -0.2) is 25.9 Å². The van der Waals surface area contributed by atoms with Crippen molar-refractivity contribution in [3.05, 3.63) is 66.4 Å². The van der Waals surface area contributed by atoms with Crippen LogP contribution in [0.15, 0.2) is 65.7 Å². The zero-order chi connectivity index (χ0) is 20.1. The Morgan fingerprint density at radius 3 is 2.54 bits per heavy atom. The molecular formula is C21H23N3O3S. The van der Waals surface area contributed by atoms with Gasteiger partial charge in [-0.1, -0.05) is 19.1 Å². The van der Waals surface area contributed by atoms with Gasteiger partial charge in [-0.2, -0.15) is 0 Å². The molecule has 1 heterocycles. The molecule has 28 heavy (non-hydrogen) atoms. The highest BCUT2D eigenvalue weighted by Crippen LogP contribution is 2.21. The number of nitrogens with zero attached hydrogens (tertiary/aromatic N) is 1. The number of amides is 1. The van der Waals surface area contributed by atoms with Crippen molar-refractivity contribution in [1.82, 2.24) is 9.29 Å². The maximum absolute atomic E-state index is 12.2. The third-order valence-corrected chi connectivity index (χ3v) is 5.82. The Labute approximate surface area is 164 Å². The Bertz CT molecular complexity index is 1110. The van der Waals surface area contributed by atoms with Crippen molar-refractivity contribution in [2.45, 2.75) is 24.8 Å². The van der Waals surface area contributed by atoms with Crippen LogP contribution >= 0.6 is 0 Å². The summed E-state index contributed by atoms with van der Waals surface area (Å²) in [6.45, 7) is 3.10. The minimum Gasteiger partial charge on any atom is -0.347 e. The summed E-state index contributed by atoms with van der Waals surface area (Å²) in [6, 6.07) is 14.2. The molecule has 3 rings (SSSR count). The van der Waals surface area contributed by atoms with Crippen LogP contribution in [0, 0.1) is 0 Å². The first kappa shape index (κ1) is 19.9. The molecule has 0 saturated heterocycles. The lowest BCUT2D eigenvalue weighted by atomic mass is 10.2. The summed E-state index contributed by atoms with van der Waals surface area (Å²) >= 11 is 0. The van der Waals surface area contributed by atoms with Crippen molar-refractivity contribution in [2.24, 2.45) is 0 Å². The first-order chi connectivity index (χ1) is 13.4. The molecule has 3 aromatic rings. The maximum Gasteiger partial charge on any atom is 0.248 e. The zero-order valence-electron chi connectivity index (χ0n) is 15.8. The second-order valence-corrected chi connectivity index (χ2v) is 8.27. The number of carbonyl (C=O) groups excluding carboxylic acids is 1. The summed E-state index contributed by atoms with van der Waals surface area (Å²) in [5.74, 6) is -0.251. The van der Waals surface area contributed by atoms with Crippen LogP contribution < -0.4 is 10.0 Å². The number of hydrogen-bond acceptors (Lipinski definition) is 3. The van der Waals surface area contributed by atoms with Crippen LogP contribution in [0.5, 0.6) is 0 Å². The number of aromatic nitrogens is 1. The topological polar surface area (TPSA) is 80.2 Å². The van der Waals surface area contributed by atoms with Gasteiger partial charge in [0.15, 0.2) is 0 Å². The van der Waals surface area contributed by atoms with Crippen molar-refractivity contribution >= 4 is 38.6 Å². The van der Waals surface area contributed by atoms with E-state index in [0.29, 0.717) is 0 Å². The van der Waals surface area contributed by atoms with Crippen molar-refractivity contribution in [1.29, 1.82) is 0 Å². The highest BCUT2D eigenvalue weighted by molar-refractivity contribution is 7.89. The molecule has 0 saturated carbocycles. The molecule has 2 aromatic carbocycles. The van der Waals surface area contributed by atoms with Crippen molar-refractivity contribution in [3.63, 3.8) is 0 Å². The number of sulfonamides is 1. The van der Waals surface area contributed by atoms with Crippen LogP contribution in [0.25, 0.3) is 17.0 Å². The second kappa shape index (κ2) is 8.41. The molecule has 7 heteroatoms. The highest BCUT2D eigenvalue weighted by atomic mass is 32.2. The fourth-order valence-electron chi connectivity index (χ4n) is 2.95. The summed E-state index contributed by atoms with van der Waals surface area (Å²) < 4.78 is 27.9. The molecule has 0 radical (unpaired) electrons. The van der Waals surface area contributed by atoms with Gasteiger partial charge in [0.1, 0.15) is 0 Å². The average Bonchev–Trinajstić information content (AvgIpc) is 3.09. The predicted molar refractivity (Wildman–Crippen MR) is 113 cm³/mol. The third kappa shape index (κ3) is 4.49. The van der Waals surface area contributed by atoms with Gasteiger partial charge in [0, 0.05) is 35.4 Å². The van der Waals surface area contributed by atoms with E-state index in [-0.39, 0.29) is 10.8 Å². The first-order valence-electron chi connectivity index (χ1n) is 9.04. The molecule has 0 spiro atoms. The molecule has 0 aliphatic heterocycles. The SMILES string of the molecule is CCCn1ccc2cc(NC(=O)/C=C/c3ccc(S(=O)(=O)NC)cc3)ccc21. The number of nitrogens with one attached hydrogen (secondary N) is 2. The fourth-order valence-corrected chi connectivity index (χ4v) is 3.68. The molecular weight excluding hydrogens is 374 g/mol. The molecule has 0 aliphatic rings. The molecule has 0 unspecified atom stereocenters. The Kier molecular flexibility index (Phi) is 5.96. The largest absolute Gasteiger partial charge is 0.347 e. The number of rotatable bonds is 7. The lowest BCUT2D eigenvalue weighted by Gasteiger charge is -2.05. The molecule has 2 N–H and O–H groups in total. The number of carbonyl (C=O) groups is 1. The predicted octanol–water partition coefficient (Wildman–Crippen LogP) is 3.61.